The van der Waals surface area contributed by atoms with Crippen molar-refractivity contribution in [1.82, 2.24) is 0 Å². The summed E-state index contributed by atoms with van der Waals surface area (Å²) in [7, 11) is 1.25. The molecule has 26 heavy (non-hydrogen) atoms. The number of aryl methyl sites for hydroxylation is 1. The fraction of sp³-hybridized carbons (Fsp3) is 0.300. The molecule has 0 heterocycles. The summed E-state index contributed by atoms with van der Waals surface area (Å²) in [5.74, 6) is 0.198. The number of carbonyl (C=O) groups is 2. The first-order valence-electron chi connectivity index (χ1n) is 8.37. The number of carbonyl (C=O) groups excluding carboxylic acids is 2. The average Bonchev–Trinajstić information content (AvgIpc) is 2.64. The zero-order valence-electron chi connectivity index (χ0n) is 15.5. The Bertz CT molecular complexity index is 840. The van der Waals surface area contributed by atoms with E-state index in [1.54, 1.807) is 6.07 Å². The van der Waals surface area contributed by atoms with Crippen LogP contribution in [0, 0.1) is 6.92 Å². The Morgan fingerprint density at radius 1 is 1.12 bits per heavy atom. The molecule has 0 aromatic heterocycles. The van der Waals surface area contributed by atoms with E-state index in [0.717, 1.165) is 11.6 Å². The van der Waals surface area contributed by atoms with Crippen LogP contribution in [-0.2, 0) is 9.53 Å². The van der Waals surface area contributed by atoms with Gasteiger partial charge in [-0.25, -0.2) is 9.59 Å². The highest BCUT2D eigenvalue weighted by atomic mass is 16.7. The standard InChI is InChI=1S/C20H23NO5/c1-6-18(22)26-19-14-10-9-13(4)11-15(14)17(25-20(23)24-5)12-16(19)21(7-2)8-3/h6,9-12H,1,7-8H2,2-5H3. The van der Waals surface area contributed by atoms with Crippen molar-refractivity contribution in [3.63, 3.8) is 0 Å². The van der Waals surface area contributed by atoms with E-state index >= 15 is 0 Å². The van der Waals surface area contributed by atoms with Gasteiger partial charge in [0.1, 0.15) is 5.75 Å². The molecule has 0 fully saturated rings. The molecule has 2 aromatic rings. The number of hydrogen-bond acceptors (Lipinski definition) is 6. The molecular weight excluding hydrogens is 334 g/mol. The summed E-state index contributed by atoms with van der Waals surface area (Å²) in [6.45, 7) is 10.7. The van der Waals surface area contributed by atoms with Gasteiger partial charge in [-0.05, 0) is 26.8 Å². The molecule has 0 unspecified atom stereocenters. The monoisotopic (exact) mass is 357 g/mol. The molecule has 2 aromatic carbocycles. The van der Waals surface area contributed by atoms with Gasteiger partial charge in [0.25, 0.3) is 0 Å². The van der Waals surface area contributed by atoms with Gasteiger partial charge in [0.2, 0.25) is 0 Å². The first kappa shape index (κ1) is 19.3. The van der Waals surface area contributed by atoms with Crippen LogP contribution in [-0.4, -0.2) is 32.3 Å². The van der Waals surface area contributed by atoms with E-state index in [4.69, 9.17) is 9.47 Å². The van der Waals surface area contributed by atoms with E-state index in [1.165, 1.54) is 7.11 Å². The minimum absolute atomic E-state index is 0.343. The van der Waals surface area contributed by atoms with Gasteiger partial charge in [-0.2, -0.15) is 0 Å². The smallest absolute Gasteiger partial charge is 0.437 e. The first-order valence-corrected chi connectivity index (χ1v) is 8.37. The molecule has 0 bridgehead atoms. The van der Waals surface area contributed by atoms with Crippen molar-refractivity contribution in [2.75, 3.05) is 25.1 Å². The third kappa shape index (κ3) is 3.96. The molecule has 0 saturated heterocycles. The summed E-state index contributed by atoms with van der Waals surface area (Å²) in [4.78, 5) is 25.6. The molecule has 0 aliphatic rings. The van der Waals surface area contributed by atoms with Crippen LogP contribution in [0.1, 0.15) is 19.4 Å². The molecule has 0 N–H and O–H groups in total. The summed E-state index contributed by atoms with van der Waals surface area (Å²) < 4.78 is 15.5. The lowest BCUT2D eigenvalue weighted by Crippen LogP contribution is -2.23. The van der Waals surface area contributed by atoms with Gasteiger partial charge >= 0.3 is 12.1 Å². The second-order valence-electron chi connectivity index (χ2n) is 5.63. The van der Waals surface area contributed by atoms with Gasteiger partial charge in [0.05, 0.1) is 12.8 Å². The van der Waals surface area contributed by atoms with E-state index in [-0.39, 0.29) is 0 Å². The van der Waals surface area contributed by atoms with Crippen molar-refractivity contribution >= 4 is 28.6 Å². The summed E-state index contributed by atoms with van der Waals surface area (Å²) in [5, 5.41) is 1.31. The zero-order valence-corrected chi connectivity index (χ0v) is 15.5. The molecule has 0 aliphatic carbocycles. The number of fused-ring (bicyclic) bond motifs is 1. The second kappa shape index (κ2) is 8.38. The van der Waals surface area contributed by atoms with E-state index in [9.17, 15) is 9.59 Å². The minimum Gasteiger partial charge on any atom is -0.437 e. The number of anilines is 1. The lowest BCUT2D eigenvalue weighted by atomic mass is 10.0. The van der Waals surface area contributed by atoms with Crippen molar-refractivity contribution in [2.24, 2.45) is 0 Å². The topological polar surface area (TPSA) is 65.1 Å². The maximum Gasteiger partial charge on any atom is 0.513 e. The summed E-state index contributed by atoms with van der Waals surface area (Å²) in [6, 6.07) is 7.30. The van der Waals surface area contributed by atoms with E-state index < -0.39 is 12.1 Å². The third-order valence-corrected chi connectivity index (χ3v) is 4.02. The maximum atomic E-state index is 11.9. The van der Waals surface area contributed by atoms with Crippen LogP contribution in [0.4, 0.5) is 10.5 Å². The van der Waals surface area contributed by atoms with Gasteiger partial charge in [-0.15, -0.1) is 0 Å². The predicted octanol–water partition coefficient (Wildman–Crippen LogP) is 4.23. The number of esters is 1. The third-order valence-electron chi connectivity index (χ3n) is 4.02. The molecule has 0 atom stereocenters. The highest BCUT2D eigenvalue weighted by Crippen LogP contribution is 2.42. The number of methoxy groups -OCH3 is 1. The molecule has 0 radical (unpaired) electrons. The fourth-order valence-corrected chi connectivity index (χ4v) is 2.73. The van der Waals surface area contributed by atoms with Crippen molar-refractivity contribution in [3.8, 4) is 11.5 Å². The largest absolute Gasteiger partial charge is 0.513 e. The van der Waals surface area contributed by atoms with Gasteiger partial charge < -0.3 is 19.1 Å². The van der Waals surface area contributed by atoms with Crippen LogP contribution in [0.15, 0.2) is 36.9 Å². The maximum absolute atomic E-state index is 11.9. The summed E-state index contributed by atoms with van der Waals surface area (Å²) >= 11 is 0. The molecule has 2 rings (SSSR count). The molecule has 0 aliphatic heterocycles. The Labute approximate surface area is 152 Å². The van der Waals surface area contributed by atoms with E-state index in [1.807, 2.05) is 43.9 Å². The normalized spacial score (nSPS) is 10.3. The Balaban J connectivity index is 2.80. The number of benzene rings is 2. The molecule has 138 valence electrons. The Morgan fingerprint density at radius 3 is 2.38 bits per heavy atom. The minimum atomic E-state index is -0.811. The van der Waals surface area contributed by atoms with Crippen LogP contribution < -0.4 is 14.4 Å². The van der Waals surface area contributed by atoms with Crippen LogP contribution in [0.2, 0.25) is 0 Å². The van der Waals surface area contributed by atoms with Crippen molar-refractivity contribution in [3.05, 3.63) is 42.5 Å². The molecule has 0 spiro atoms. The van der Waals surface area contributed by atoms with Crippen molar-refractivity contribution in [1.29, 1.82) is 0 Å². The number of rotatable bonds is 6. The molecule has 6 nitrogen and oxygen atoms in total. The van der Waals surface area contributed by atoms with Gasteiger partial charge in [0, 0.05) is 36.0 Å². The second-order valence-corrected chi connectivity index (χ2v) is 5.63. The SMILES string of the molecule is C=CC(=O)Oc1c(N(CC)CC)cc(OC(=O)OC)c2cc(C)ccc12. The number of nitrogens with zero attached hydrogens (tertiary/aromatic N) is 1. The first-order chi connectivity index (χ1) is 12.4. The fourth-order valence-electron chi connectivity index (χ4n) is 2.73. The predicted molar refractivity (Wildman–Crippen MR) is 101 cm³/mol. The van der Waals surface area contributed by atoms with Crippen LogP contribution in [0.25, 0.3) is 10.8 Å². The summed E-state index contributed by atoms with van der Waals surface area (Å²) in [6.07, 6.45) is 0.305. The van der Waals surface area contributed by atoms with Crippen molar-refractivity contribution in [2.45, 2.75) is 20.8 Å². The van der Waals surface area contributed by atoms with Crippen molar-refractivity contribution < 1.29 is 23.8 Å². The molecule has 6 heteroatoms. The molecule has 0 amide bonds. The Morgan fingerprint density at radius 2 is 1.81 bits per heavy atom. The van der Waals surface area contributed by atoms with Gasteiger partial charge in [0.15, 0.2) is 5.75 Å². The van der Waals surface area contributed by atoms with Crippen LogP contribution >= 0.6 is 0 Å². The van der Waals surface area contributed by atoms with Gasteiger partial charge in [-0.1, -0.05) is 24.3 Å². The Kier molecular flexibility index (Phi) is 6.22. The molecule has 0 saturated carbocycles. The van der Waals surface area contributed by atoms with E-state index in [2.05, 4.69) is 11.3 Å². The number of ether oxygens (including phenoxy) is 3. The highest BCUT2D eigenvalue weighted by molar-refractivity contribution is 6.01. The zero-order chi connectivity index (χ0) is 19.3. The highest BCUT2D eigenvalue weighted by Gasteiger charge is 2.21. The summed E-state index contributed by atoms with van der Waals surface area (Å²) in [5.41, 5.74) is 1.63. The number of hydrogen-bond donors (Lipinski definition) is 0. The lowest BCUT2D eigenvalue weighted by Gasteiger charge is -2.25. The lowest BCUT2D eigenvalue weighted by molar-refractivity contribution is -0.128. The average molecular weight is 357 g/mol. The quantitative estimate of drug-likeness (QED) is 0.334. The van der Waals surface area contributed by atoms with Crippen LogP contribution in [0.5, 0.6) is 11.5 Å². The van der Waals surface area contributed by atoms with Crippen LogP contribution in [0.3, 0.4) is 0 Å². The Hall–Kier alpha value is -3.02. The molecular formula is C20H23NO5. The van der Waals surface area contributed by atoms with E-state index in [0.29, 0.717) is 41.0 Å². The van der Waals surface area contributed by atoms with Gasteiger partial charge in [-0.3, -0.25) is 0 Å².